The molecule has 1 aromatic heterocycles. The molecule has 94 valence electrons. The van der Waals surface area contributed by atoms with Crippen molar-refractivity contribution in [2.45, 2.75) is 13.3 Å². The number of halogens is 2. The zero-order chi connectivity index (χ0) is 13.4. The molecule has 0 saturated heterocycles. The van der Waals surface area contributed by atoms with Crippen molar-refractivity contribution in [1.82, 2.24) is 4.98 Å². The second-order valence-corrected chi connectivity index (χ2v) is 4.56. The summed E-state index contributed by atoms with van der Waals surface area (Å²) in [5, 5.41) is 10.8. The number of aromatic nitrogens is 1. The van der Waals surface area contributed by atoms with Crippen LogP contribution in [0.2, 0.25) is 10.0 Å². The van der Waals surface area contributed by atoms with E-state index in [9.17, 15) is 14.7 Å². The van der Waals surface area contributed by atoms with Crippen molar-refractivity contribution in [3.05, 3.63) is 48.3 Å². The molecule has 4 nitrogen and oxygen atoms in total. The van der Waals surface area contributed by atoms with Crippen LogP contribution in [0.25, 0.3) is 10.9 Å². The summed E-state index contributed by atoms with van der Waals surface area (Å²) in [7, 11) is 0. The lowest BCUT2D eigenvalue weighted by atomic mass is 10.1. The molecule has 0 aliphatic rings. The van der Waals surface area contributed by atoms with Crippen molar-refractivity contribution >= 4 is 34.1 Å². The molecular formula is C12H9Cl2NO3. The van der Waals surface area contributed by atoms with Crippen molar-refractivity contribution < 1.29 is 5.11 Å². The van der Waals surface area contributed by atoms with E-state index in [-0.39, 0.29) is 16.3 Å². The van der Waals surface area contributed by atoms with Crippen LogP contribution in [-0.4, -0.2) is 10.1 Å². The maximum absolute atomic E-state index is 11.4. The maximum atomic E-state index is 11.4. The van der Waals surface area contributed by atoms with Gasteiger partial charge in [0.2, 0.25) is 5.43 Å². The number of fused-ring (bicyclic) bond motifs is 1. The van der Waals surface area contributed by atoms with E-state index >= 15 is 0 Å². The summed E-state index contributed by atoms with van der Waals surface area (Å²) >= 11 is 12.0. The van der Waals surface area contributed by atoms with Gasteiger partial charge in [-0.05, 0) is 18.1 Å². The molecule has 0 fully saturated rings. The molecule has 1 heterocycles. The maximum Gasteiger partial charge on any atom is 0.296 e. The number of aromatic hydroxyl groups is 1. The molecule has 0 bridgehead atoms. The largest absolute Gasteiger partial charge is 0.507 e. The third-order valence-corrected chi connectivity index (χ3v) is 3.49. The van der Waals surface area contributed by atoms with E-state index in [0.717, 1.165) is 6.07 Å². The Hall–Kier alpha value is -1.52. The van der Waals surface area contributed by atoms with Gasteiger partial charge in [-0.25, -0.2) is 0 Å². The fourth-order valence-corrected chi connectivity index (χ4v) is 2.35. The molecule has 6 heteroatoms. The van der Waals surface area contributed by atoms with Crippen LogP contribution in [0.5, 0.6) is 5.75 Å². The second kappa shape index (κ2) is 4.63. The first-order valence-corrected chi connectivity index (χ1v) is 5.98. The zero-order valence-corrected chi connectivity index (χ0v) is 10.9. The third kappa shape index (κ3) is 1.98. The predicted molar refractivity (Wildman–Crippen MR) is 71.9 cm³/mol. The first kappa shape index (κ1) is 12.9. The molecule has 0 amide bonds. The van der Waals surface area contributed by atoms with Gasteiger partial charge in [-0.15, -0.1) is 0 Å². The Morgan fingerprint density at radius 1 is 1.28 bits per heavy atom. The summed E-state index contributed by atoms with van der Waals surface area (Å²) < 4.78 is 0. The van der Waals surface area contributed by atoms with Gasteiger partial charge in [0, 0.05) is 11.5 Å². The lowest BCUT2D eigenvalue weighted by Crippen LogP contribution is -2.22. The van der Waals surface area contributed by atoms with Crippen LogP contribution in [0, 0.1) is 0 Å². The highest BCUT2D eigenvalue weighted by Gasteiger charge is 2.13. The van der Waals surface area contributed by atoms with Crippen LogP contribution in [0.4, 0.5) is 0 Å². The van der Waals surface area contributed by atoms with Crippen LogP contribution in [-0.2, 0) is 6.42 Å². The van der Waals surface area contributed by atoms with Gasteiger partial charge in [-0.2, -0.15) is 0 Å². The van der Waals surface area contributed by atoms with Crippen LogP contribution in [0.3, 0.4) is 0 Å². The van der Waals surface area contributed by atoms with Gasteiger partial charge in [-0.1, -0.05) is 30.1 Å². The number of aromatic amines is 1. The number of nitrogens with one attached hydrogen (secondary N) is 1. The van der Waals surface area contributed by atoms with Crippen LogP contribution < -0.4 is 11.0 Å². The average molecular weight is 286 g/mol. The molecule has 2 N–H and O–H groups in total. The first-order valence-electron chi connectivity index (χ1n) is 5.23. The fraction of sp³-hybridized carbons (Fsp3) is 0.167. The Balaban J connectivity index is 3.17. The SMILES string of the molecule is CCc1c(Cl)c(Cl)cc2[nH]c(=O)c(=O)cc(O)c12. The molecule has 0 unspecified atom stereocenters. The minimum absolute atomic E-state index is 0.259. The quantitative estimate of drug-likeness (QED) is 0.791. The molecule has 18 heavy (non-hydrogen) atoms. The topological polar surface area (TPSA) is 70.2 Å². The number of hydrogen-bond acceptors (Lipinski definition) is 3. The molecule has 2 aromatic rings. The van der Waals surface area contributed by atoms with E-state index in [2.05, 4.69) is 4.98 Å². The number of hydrogen-bond donors (Lipinski definition) is 2. The van der Waals surface area contributed by atoms with E-state index in [1.807, 2.05) is 6.92 Å². The highest BCUT2D eigenvalue weighted by atomic mass is 35.5. The van der Waals surface area contributed by atoms with Crippen molar-refractivity contribution in [1.29, 1.82) is 0 Å². The van der Waals surface area contributed by atoms with Crippen LogP contribution in [0.1, 0.15) is 12.5 Å². The summed E-state index contributed by atoms with van der Waals surface area (Å²) in [5.74, 6) is -0.288. The van der Waals surface area contributed by atoms with Gasteiger partial charge in [0.05, 0.1) is 15.6 Å². The third-order valence-electron chi connectivity index (χ3n) is 2.67. The summed E-state index contributed by atoms with van der Waals surface area (Å²) in [4.78, 5) is 25.2. The Morgan fingerprint density at radius 2 is 1.94 bits per heavy atom. The smallest absolute Gasteiger partial charge is 0.296 e. The molecule has 0 saturated carbocycles. The normalized spacial score (nSPS) is 10.8. The Labute approximate surface area is 112 Å². The zero-order valence-electron chi connectivity index (χ0n) is 9.38. The molecular weight excluding hydrogens is 277 g/mol. The highest BCUT2D eigenvalue weighted by molar-refractivity contribution is 6.43. The van der Waals surface area contributed by atoms with Crippen LogP contribution in [0.15, 0.2) is 21.7 Å². The summed E-state index contributed by atoms with van der Waals surface area (Å²) in [6.07, 6.45) is 0.504. The molecule has 0 spiro atoms. The van der Waals surface area contributed by atoms with Gasteiger partial charge in [0.1, 0.15) is 5.75 Å². The monoisotopic (exact) mass is 285 g/mol. The Kier molecular flexibility index (Phi) is 3.32. The van der Waals surface area contributed by atoms with Gasteiger partial charge >= 0.3 is 0 Å². The predicted octanol–water partition coefficient (Wildman–Crippen LogP) is 2.46. The Bertz CT molecular complexity index is 753. The minimum Gasteiger partial charge on any atom is -0.507 e. The lowest BCUT2D eigenvalue weighted by Gasteiger charge is -2.07. The average Bonchev–Trinajstić information content (AvgIpc) is 2.41. The van der Waals surface area contributed by atoms with E-state index in [1.54, 1.807) is 0 Å². The van der Waals surface area contributed by atoms with Crippen molar-refractivity contribution in [2.75, 3.05) is 0 Å². The summed E-state index contributed by atoms with van der Waals surface area (Å²) in [5.41, 5.74) is -0.771. The molecule has 0 aliphatic heterocycles. The van der Waals surface area contributed by atoms with E-state index in [0.29, 0.717) is 22.4 Å². The number of H-pyrrole nitrogens is 1. The van der Waals surface area contributed by atoms with Gasteiger partial charge in [0.15, 0.2) is 0 Å². The van der Waals surface area contributed by atoms with Gasteiger partial charge < -0.3 is 10.1 Å². The molecule has 2 rings (SSSR count). The molecule has 1 aromatic carbocycles. The van der Waals surface area contributed by atoms with Gasteiger partial charge in [0.25, 0.3) is 5.56 Å². The van der Waals surface area contributed by atoms with Crippen molar-refractivity contribution in [3.63, 3.8) is 0 Å². The van der Waals surface area contributed by atoms with Crippen molar-refractivity contribution in [2.24, 2.45) is 0 Å². The lowest BCUT2D eigenvalue weighted by molar-refractivity contribution is 0.481. The van der Waals surface area contributed by atoms with E-state index < -0.39 is 11.0 Å². The minimum atomic E-state index is -0.821. The Morgan fingerprint density at radius 3 is 2.56 bits per heavy atom. The van der Waals surface area contributed by atoms with Gasteiger partial charge in [-0.3, -0.25) is 9.59 Å². The number of aryl methyl sites for hydroxylation is 1. The number of rotatable bonds is 1. The highest BCUT2D eigenvalue weighted by Crippen LogP contribution is 2.35. The summed E-state index contributed by atoms with van der Waals surface area (Å²) in [6.45, 7) is 1.83. The van der Waals surface area contributed by atoms with Crippen molar-refractivity contribution in [3.8, 4) is 5.75 Å². The van der Waals surface area contributed by atoms with E-state index in [1.165, 1.54) is 6.07 Å². The molecule has 0 radical (unpaired) electrons. The van der Waals surface area contributed by atoms with Crippen LogP contribution >= 0.6 is 23.2 Å². The first-order chi connectivity index (χ1) is 8.45. The second-order valence-electron chi connectivity index (χ2n) is 3.77. The molecule has 0 atom stereocenters. The number of benzene rings is 1. The molecule has 0 aliphatic carbocycles. The van der Waals surface area contributed by atoms with E-state index in [4.69, 9.17) is 23.2 Å². The standard InChI is InChI=1S/C12H9Cl2NO3/c1-2-5-10-7(3-6(13)11(5)14)15-12(18)9(17)4-8(10)16/h3-4,16H,2H2,1H3,(H,15,17,18). The fourth-order valence-electron chi connectivity index (χ4n) is 1.85. The summed E-state index contributed by atoms with van der Waals surface area (Å²) in [6, 6.07) is 2.30.